The summed E-state index contributed by atoms with van der Waals surface area (Å²) in [6.45, 7) is 6.27. The molecule has 7 nitrogen and oxygen atoms in total. The SMILES string of the molecule is CCOc1cccc(C2c3c(oc4ccc(CC)cc4c3=O)C(=O)N2c2nnc(C)s2)c1. The number of fused-ring (bicyclic) bond motifs is 2. The number of anilines is 1. The van der Waals surface area contributed by atoms with Crippen LogP contribution in [0.1, 0.15) is 52.1 Å². The van der Waals surface area contributed by atoms with E-state index in [1.165, 1.54) is 16.2 Å². The molecule has 1 amide bonds. The number of carbonyl (C=O) groups excluding carboxylic acids is 1. The highest BCUT2D eigenvalue weighted by Gasteiger charge is 2.45. The van der Waals surface area contributed by atoms with Crippen LogP contribution in [0.3, 0.4) is 0 Å². The van der Waals surface area contributed by atoms with Gasteiger partial charge in [-0.2, -0.15) is 0 Å². The molecule has 0 spiro atoms. The molecule has 5 rings (SSSR count). The Labute approximate surface area is 188 Å². The lowest BCUT2D eigenvalue weighted by Gasteiger charge is -2.22. The molecule has 1 unspecified atom stereocenters. The van der Waals surface area contributed by atoms with Crippen molar-refractivity contribution in [1.29, 1.82) is 0 Å². The smallest absolute Gasteiger partial charge is 0.297 e. The van der Waals surface area contributed by atoms with Gasteiger partial charge in [0.25, 0.3) is 5.91 Å². The fourth-order valence-electron chi connectivity index (χ4n) is 4.08. The number of rotatable bonds is 5. The third-order valence-electron chi connectivity index (χ3n) is 5.55. The van der Waals surface area contributed by atoms with E-state index in [1.54, 1.807) is 6.07 Å². The van der Waals surface area contributed by atoms with Crippen molar-refractivity contribution in [2.45, 2.75) is 33.2 Å². The minimum Gasteiger partial charge on any atom is -0.494 e. The second-order valence-corrected chi connectivity index (χ2v) is 8.70. The highest BCUT2D eigenvalue weighted by atomic mass is 32.1. The molecule has 1 aliphatic rings. The molecular formula is C24H21N3O4S. The van der Waals surface area contributed by atoms with Crippen molar-refractivity contribution < 1.29 is 13.9 Å². The molecule has 1 atom stereocenters. The normalized spacial score (nSPS) is 15.4. The summed E-state index contributed by atoms with van der Waals surface area (Å²) in [7, 11) is 0. The van der Waals surface area contributed by atoms with Gasteiger partial charge in [0, 0.05) is 0 Å². The van der Waals surface area contributed by atoms with Crippen molar-refractivity contribution in [1.82, 2.24) is 10.2 Å². The van der Waals surface area contributed by atoms with Crippen molar-refractivity contribution >= 4 is 33.3 Å². The Morgan fingerprint density at radius 2 is 1.97 bits per heavy atom. The second-order valence-electron chi connectivity index (χ2n) is 7.54. The minimum absolute atomic E-state index is 0.0476. The van der Waals surface area contributed by atoms with Gasteiger partial charge in [-0.3, -0.25) is 14.5 Å². The van der Waals surface area contributed by atoms with Crippen LogP contribution in [0.25, 0.3) is 11.0 Å². The number of carbonyl (C=O) groups is 1. The predicted molar refractivity (Wildman–Crippen MR) is 123 cm³/mol. The van der Waals surface area contributed by atoms with E-state index in [9.17, 15) is 9.59 Å². The van der Waals surface area contributed by atoms with E-state index >= 15 is 0 Å². The van der Waals surface area contributed by atoms with Crippen LogP contribution in [0.2, 0.25) is 0 Å². The lowest BCUT2D eigenvalue weighted by molar-refractivity contribution is 0.0970. The zero-order chi connectivity index (χ0) is 22.4. The van der Waals surface area contributed by atoms with E-state index in [0.717, 1.165) is 22.6 Å². The van der Waals surface area contributed by atoms with Crippen molar-refractivity contribution in [3.63, 3.8) is 0 Å². The van der Waals surface area contributed by atoms with Crippen LogP contribution < -0.4 is 15.1 Å². The Hall–Kier alpha value is -3.52. The third-order valence-corrected chi connectivity index (χ3v) is 6.39. The fraction of sp³-hybridized carbons (Fsp3) is 0.250. The first-order valence-corrected chi connectivity index (χ1v) is 11.3. The van der Waals surface area contributed by atoms with Gasteiger partial charge in [0.2, 0.25) is 10.9 Å². The number of benzene rings is 2. The highest BCUT2D eigenvalue weighted by molar-refractivity contribution is 7.15. The second kappa shape index (κ2) is 7.87. The lowest BCUT2D eigenvalue weighted by Crippen LogP contribution is -2.29. The van der Waals surface area contributed by atoms with Crippen molar-refractivity contribution in [2.75, 3.05) is 11.5 Å². The fourth-order valence-corrected chi connectivity index (χ4v) is 4.79. The molecule has 0 radical (unpaired) electrons. The number of hydrogen-bond donors (Lipinski definition) is 0. The van der Waals surface area contributed by atoms with Gasteiger partial charge in [0.1, 0.15) is 16.3 Å². The summed E-state index contributed by atoms with van der Waals surface area (Å²) in [5.41, 5.74) is 2.28. The molecular weight excluding hydrogens is 426 g/mol. The molecule has 0 bridgehead atoms. The van der Waals surface area contributed by atoms with Crippen LogP contribution >= 0.6 is 11.3 Å². The van der Waals surface area contributed by atoms with E-state index in [4.69, 9.17) is 9.15 Å². The van der Waals surface area contributed by atoms with Gasteiger partial charge >= 0.3 is 0 Å². The van der Waals surface area contributed by atoms with Crippen LogP contribution in [0.15, 0.2) is 51.7 Å². The van der Waals surface area contributed by atoms with Crippen LogP contribution in [-0.4, -0.2) is 22.7 Å². The molecule has 1 aliphatic heterocycles. The molecule has 2 aromatic carbocycles. The lowest BCUT2D eigenvalue weighted by atomic mass is 9.98. The molecule has 0 saturated heterocycles. The minimum atomic E-state index is -0.684. The van der Waals surface area contributed by atoms with E-state index in [1.807, 2.05) is 57.2 Å². The summed E-state index contributed by atoms with van der Waals surface area (Å²) in [5, 5.41) is 9.88. The predicted octanol–water partition coefficient (Wildman–Crippen LogP) is 4.66. The van der Waals surface area contributed by atoms with Crippen molar-refractivity contribution in [3.05, 3.63) is 80.1 Å². The molecule has 0 aliphatic carbocycles. The average molecular weight is 448 g/mol. The van der Waals surface area contributed by atoms with Crippen molar-refractivity contribution in [3.8, 4) is 5.75 Å². The standard InChI is InChI=1S/C24H21N3O4S/c1-4-14-9-10-18-17(11-14)21(28)19-20(15-7-6-8-16(12-15)30-5-2)27(23(29)22(19)31-18)24-26-25-13(3)32-24/h6-12,20H,4-5H2,1-3H3. The number of aromatic nitrogens is 2. The summed E-state index contributed by atoms with van der Waals surface area (Å²) < 4.78 is 11.7. The highest BCUT2D eigenvalue weighted by Crippen LogP contribution is 2.42. The summed E-state index contributed by atoms with van der Waals surface area (Å²) in [6, 6.07) is 12.3. The Bertz CT molecular complexity index is 1410. The van der Waals surface area contributed by atoms with Crippen LogP contribution in [-0.2, 0) is 6.42 Å². The zero-order valence-electron chi connectivity index (χ0n) is 17.9. The van der Waals surface area contributed by atoms with Crippen LogP contribution in [0.4, 0.5) is 5.13 Å². The maximum atomic E-state index is 13.7. The summed E-state index contributed by atoms with van der Waals surface area (Å²) in [5.74, 6) is 0.311. The summed E-state index contributed by atoms with van der Waals surface area (Å²) in [4.78, 5) is 28.7. The Balaban J connectivity index is 1.79. The Kier molecular flexibility index (Phi) is 5.01. The number of hydrogen-bond acceptors (Lipinski definition) is 7. The van der Waals surface area contributed by atoms with Gasteiger partial charge in [-0.25, -0.2) is 0 Å². The first-order valence-electron chi connectivity index (χ1n) is 10.5. The van der Waals surface area contributed by atoms with Gasteiger partial charge in [-0.1, -0.05) is 36.5 Å². The van der Waals surface area contributed by atoms with Gasteiger partial charge in [-0.05, 0) is 55.7 Å². The first-order chi connectivity index (χ1) is 15.5. The third kappa shape index (κ3) is 3.18. The number of aryl methyl sites for hydroxylation is 2. The average Bonchev–Trinajstić information content (AvgIpc) is 3.35. The maximum Gasteiger partial charge on any atom is 0.297 e. The Morgan fingerprint density at radius 1 is 1.12 bits per heavy atom. The molecule has 2 aromatic heterocycles. The topological polar surface area (TPSA) is 85.5 Å². The monoisotopic (exact) mass is 447 g/mol. The zero-order valence-corrected chi connectivity index (χ0v) is 18.7. The number of nitrogens with zero attached hydrogens (tertiary/aromatic N) is 3. The molecule has 162 valence electrons. The van der Waals surface area contributed by atoms with Crippen LogP contribution in [0, 0.1) is 6.92 Å². The molecule has 3 heterocycles. The molecule has 8 heteroatoms. The number of ether oxygens (including phenoxy) is 1. The molecule has 4 aromatic rings. The molecule has 0 N–H and O–H groups in total. The van der Waals surface area contributed by atoms with Gasteiger partial charge < -0.3 is 9.15 Å². The van der Waals surface area contributed by atoms with Gasteiger partial charge in [-0.15, -0.1) is 10.2 Å². The quantitative estimate of drug-likeness (QED) is 0.442. The Morgan fingerprint density at radius 3 is 2.69 bits per heavy atom. The van der Waals surface area contributed by atoms with Gasteiger partial charge in [0.15, 0.2) is 5.43 Å². The molecule has 0 fully saturated rings. The van der Waals surface area contributed by atoms with Crippen molar-refractivity contribution in [2.24, 2.45) is 0 Å². The van der Waals surface area contributed by atoms with E-state index in [0.29, 0.717) is 34.0 Å². The van der Waals surface area contributed by atoms with E-state index in [-0.39, 0.29) is 11.2 Å². The molecule has 0 saturated carbocycles. The maximum absolute atomic E-state index is 13.7. The largest absolute Gasteiger partial charge is 0.494 e. The molecule has 32 heavy (non-hydrogen) atoms. The van der Waals surface area contributed by atoms with Crippen LogP contribution in [0.5, 0.6) is 5.75 Å². The van der Waals surface area contributed by atoms with E-state index < -0.39 is 11.9 Å². The van der Waals surface area contributed by atoms with E-state index in [2.05, 4.69) is 10.2 Å². The summed E-state index contributed by atoms with van der Waals surface area (Å²) in [6.07, 6.45) is 0.793. The summed E-state index contributed by atoms with van der Waals surface area (Å²) >= 11 is 1.30. The van der Waals surface area contributed by atoms with Gasteiger partial charge in [0.05, 0.1) is 23.6 Å². The number of amides is 1. The first kappa shape index (κ1) is 20.4.